The number of rotatable bonds is 3. The number of ether oxygens (including phenoxy) is 1. The molecule has 0 spiro atoms. The summed E-state index contributed by atoms with van der Waals surface area (Å²) in [6.07, 6.45) is 2.43. The Labute approximate surface area is 162 Å². The second-order valence-electron chi connectivity index (χ2n) is 7.65. The molecule has 1 heterocycles. The van der Waals surface area contributed by atoms with Crippen LogP contribution in [0.1, 0.15) is 49.9 Å². The molecule has 0 N–H and O–H groups in total. The third kappa shape index (κ3) is 4.27. The van der Waals surface area contributed by atoms with E-state index in [1.54, 1.807) is 12.1 Å². The van der Waals surface area contributed by atoms with E-state index < -0.39 is 23.8 Å². The molecule has 2 aliphatic rings. The Morgan fingerprint density at radius 1 is 1.15 bits per heavy atom. The van der Waals surface area contributed by atoms with Gasteiger partial charge in [0.05, 0.1) is 0 Å². The predicted molar refractivity (Wildman–Crippen MR) is 97.8 cm³/mol. The van der Waals surface area contributed by atoms with Gasteiger partial charge in [-0.25, -0.2) is 4.79 Å². The molecule has 1 fully saturated rings. The number of likely N-dealkylation sites (tertiary alicyclic amines) is 1. The number of nitrogens with zero attached hydrogens (tertiary/aromatic N) is 1. The van der Waals surface area contributed by atoms with Gasteiger partial charge in [-0.1, -0.05) is 25.4 Å². The number of halogens is 1. The van der Waals surface area contributed by atoms with Crippen LogP contribution < -0.4 is 0 Å². The lowest BCUT2D eigenvalue weighted by Crippen LogP contribution is -2.43. The first-order valence-corrected chi connectivity index (χ1v) is 9.11. The number of hydrogen-bond donors (Lipinski definition) is 0. The first kappa shape index (κ1) is 19.3. The molecule has 142 valence electrons. The van der Waals surface area contributed by atoms with Crippen LogP contribution >= 0.6 is 11.6 Å². The third-order valence-electron chi connectivity index (χ3n) is 4.65. The normalized spacial score (nSPS) is 21.8. The molecule has 0 radical (unpaired) electrons. The van der Waals surface area contributed by atoms with Crippen molar-refractivity contribution in [3.05, 3.63) is 46.7 Å². The standard InChI is InChI=1S/C20H20ClNO5/c1-20(2)10-14(23)9-15(11-20)27-19(26)16-7-8-17(24)22(16)18(25)12-3-5-13(21)6-4-12/h3-6,9,16H,7-8,10-11H2,1-2H3. The Kier molecular flexibility index (Phi) is 5.20. The minimum Gasteiger partial charge on any atom is -0.429 e. The molecular formula is C20H20ClNO5. The summed E-state index contributed by atoms with van der Waals surface area (Å²) >= 11 is 5.83. The molecule has 3 rings (SSSR count). The van der Waals surface area contributed by atoms with Crippen LogP contribution in [-0.4, -0.2) is 34.5 Å². The van der Waals surface area contributed by atoms with Gasteiger partial charge in [-0.2, -0.15) is 0 Å². The van der Waals surface area contributed by atoms with Gasteiger partial charge in [-0.05, 0) is 36.1 Å². The van der Waals surface area contributed by atoms with Crippen LogP contribution in [0, 0.1) is 5.41 Å². The first-order valence-electron chi connectivity index (χ1n) is 8.73. The highest BCUT2D eigenvalue weighted by Crippen LogP contribution is 2.34. The molecule has 7 heteroatoms. The van der Waals surface area contributed by atoms with Gasteiger partial charge in [-0.3, -0.25) is 19.3 Å². The molecular weight excluding hydrogens is 370 g/mol. The van der Waals surface area contributed by atoms with Gasteiger partial charge in [0, 0.05) is 35.9 Å². The summed E-state index contributed by atoms with van der Waals surface area (Å²) < 4.78 is 5.40. The Morgan fingerprint density at radius 3 is 2.44 bits per heavy atom. The van der Waals surface area contributed by atoms with Crippen LogP contribution in [-0.2, 0) is 19.1 Å². The fourth-order valence-corrected chi connectivity index (χ4v) is 3.57. The third-order valence-corrected chi connectivity index (χ3v) is 4.91. The maximum Gasteiger partial charge on any atom is 0.334 e. The highest BCUT2D eigenvalue weighted by atomic mass is 35.5. The van der Waals surface area contributed by atoms with Crippen molar-refractivity contribution in [1.82, 2.24) is 4.90 Å². The summed E-state index contributed by atoms with van der Waals surface area (Å²) in [5.74, 6) is -1.51. The summed E-state index contributed by atoms with van der Waals surface area (Å²) in [6.45, 7) is 3.84. The monoisotopic (exact) mass is 389 g/mol. The number of esters is 1. The van der Waals surface area contributed by atoms with Gasteiger partial charge in [0.25, 0.3) is 5.91 Å². The average molecular weight is 390 g/mol. The topological polar surface area (TPSA) is 80.8 Å². The molecule has 1 aliphatic heterocycles. The van der Waals surface area contributed by atoms with Crippen LogP contribution in [0.5, 0.6) is 0 Å². The average Bonchev–Trinajstić information content (AvgIpc) is 2.94. The molecule has 0 saturated carbocycles. The maximum absolute atomic E-state index is 12.7. The second-order valence-corrected chi connectivity index (χ2v) is 8.08. The summed E-state index contributed by atoms with van der Waals surface area (Å²) in [7, 11) is 0. The van der Waals surface area contributed by atoms with Crippen molar-refractivity contribution in [2.24, 2.45) is 5.41 Å². The van der Waals surface area contributed by atoms with Crippen LogP contribution in [0.4, 0.5) is 0 Å². The lowest BCUT2D eigenvalue weighted by Gasteiger charge is -2.29. The quantitative estimate of drug-likeness (QED) is 0.585. The number of benzene rings is 1. The molecule has 27 heavy (non-hydrogen) atoms. The minimum atomic E-state index is -0.998. The summed E-state index contributed by atoms with van der Waals surface area (Å²) in [6, 6.07) is 5.10. The summed E-state index contributed by atoms with van der Waals surface area (Å²) in [5, 5.41) is 0.465. The van der Waals surface area contributed by atoms with E-state index in [2.05, 4.69) is 0 Å². The van der Waals surface area contributed by atoms with Crippen molar-refractivity contribution in [3.63, 3.8) is 0 Å². The zero-order valence-electron chi connectivity index (χ0n) is 15.2. The molecule has 0 aromatic heterocycles. The van der Waals surface area contributed by atoms with Crippen molar-refractivity contribution in [2.45, 2.75) is 45.6 Å². The zero-order valence-corrected chi connectivity index (χ0v) is 15.9. The van der Waals surface area contributed by atoms with E-state index in [0.29, 0.717) is 17.9 Å². The first-order chi connectivity index (χ1) is 12.7. The van der Waals surface area contributed by atoms with Crippen LogP contribution in [0.2, 0.25) is 5.02 Å². The van der Waals surface area contributed by atoms with Crippen molar-refractivity contribution in [2.75, 3.05) is 0 Å². The number of carbonyl (C=O) groups excluding carboxylic acids is 4. The van der Waals surface area contributed by atoms with Crippen LogP contribution in [0.3, 0.4) is 0 Å². The SMILES string of the molecule is CC1(C)CC(=O)C=C(OC(=O)C2CCC(=O)N2C(=O)c2ccc(Cl)cc2)C1. The fraction of sp³-hybridized carbons (Fsp3) is 0.400. The second kappa shape index (κ2) is 7.27. The van der Waals surface area contributed by atoms with E-state index in [1.165, 1.54) is 18.2 Å². The van der Waals surface area contributed by atoms with E-state index in [-0.39, 0.29) is 35.4 Å². The van der Waals surface area contributed by atoms with Gasteiger partial charge in [-0.15, -0.1) is 0 Å². The summed E-state index contributed by atoms with van der Waals surface area (Å²) in [4.78, 5) is 50.4. The highest BCUT2D eigenvalue weighted by molar-refractivity contribution is 6.30. The molecule has 6 nitrogen and oxygen atoms in total. The molecule has 1 atom stereocenters. The van der Waals surface area contributed by atoms with E-state index in [1.807, 2.05) is 13.8 Å². The Bertz CT molecular complexity index is 840. The van der Waals surface area contributed by atoms with E-state index in [9.17, 15) is 19.2 Å². The van der Waals surface area contributed by atoms with Crippen molar-refractivity contribution < 1.29 is 23.9 Å². The maximum atomic E-state index is 12.7. The number of allylic oxidation sites excluding steroid dienone is 2. The largest absolute Gasteiger partial charge is 0.429 e. The molecule has 1 aromatic rings. The van der Waals surface area contributed by atoms with Gasteiger partial charge in [0.1, 0.15) is 11.8 Å². The highest BCUT2D eigenvalue weighted by Gasteiger charge is 2.42. The molecule has 1 aliphatic carbocycles. The van der Waals surface area contributed by atoms with Gasteiger partial charge < -0.3 is 4.74 Å². The predicted octanol–water partition coefficient (Wildman–Crippen LogP) is 3.29. The van der Waals surface area contributed by atoms with E-state index in [4.69, 9.17) is 16.3 Å². The Balaban J connectivity index is 1.77. The number of hydrogen-bond acceptors (Lipinski definition) is 5. The van der Waals surface area contributed by atoms with Crippen molar-refractivity contribution in [1.29, 1.82) is 0 Å². The van der Waals surface area contributed by atoms with E-state index in [0.717, 1.165) is 4.90 Å². The molecule has 0 bridgehead atoms. The smallest absolute Gasteiger partial charge is 0.334 e. The van der Waals surface area contributed by atoms with E-state index >= 15 is 0 Å². The molecule has 1 unspecified atom stereocenters. The number of carbonyl (C=O) groups is 4. The number of amides is 2. The fourth-order valence-electron chi connectivity index (χ4n) is 3.44. The van der Waals surface area contributed by atoms with Gasteiger partial charge in [0.15, 0.2) is 5.78 Å². The minimum absolute atomic E-state index is 0.0859. The number of ketones is 1. The lowest BCUT2D eigenvalue weighted by molar-refractivity contribution is -0.147. The summed E-state index contributed by atoms with van der Waals surface area (Å²) in [5.41, 5.74) is -0.0354. The lowest BCUT2D eigenvalue weighted by atomic mass is 9.79. The van der Waals surface area contributed by atoms with Crippen molar-refractivity contribution in [3.8, 4) is 0 Å². The van der Waals surface area contributed by atoms with Crippen LogP contribution in [0.15, 0.2) is 36.1 Å². The zero-order chi connectivity index (χ0) is 19.8. The molecule has 2 amide bonds. The number of imide groups is 1. The van der Waals surface area contributed by atoms with Gasteiger partial charge >= 0.3 is 5.97 Å². The molecule has 1 saturated heterocycles. The molecule has 1 aromatic carbocycles. The van der Waals surface area contributed by atoms with Crippen molar-refractivity contribution >= 4 is 35.2 Å². The Hall–Kier alpha value is -2.47. The Morgan fingerprint density at radius 2 is 1.81 bits per heavy atom. The van der Waals surface area contributed by atoms with Crippen LogP contribution in [0.25, 0.3) is 0 Å². The van der Waals surface area contributed by atoms with Gasteiger partial charge in [0.2, 0.25) is 5.91 Å².